The van der Waals surface area contributed by atoms with E-state index in [1.807, 2.05) is 0 Å². The third-order valence-electron chi connectivity index (χ3n) is 3.65. The van der Waals surface area contributed by atoms with Crippen LogP contribution in [0.15, 0.2) is 18.2 Å². The number of benzene rings is 1. The molecule has 9 heteroatoms. The van der Waals surface area contributed by atoms with Gasteiger partial charge in [0.25, 0.3) is 5.91 Å². The van der Waals surface area contributed by atoms with Gasteiger partial charge in [0, 0.05) is 18.2 Å². The Balaban J connectivity index is 1.84. The van der Waals surface area contributed by atoms with E-state index in [-0.39, 0.29) is 29.5 Å². The SMILES string of the molecule is CC(OC(=O)CC1CCS(=O)(=O)C1)C(=O)Nc1ccc(F)c(F)c1. The predicted octanol–water partition coefficient (Wildman–Crippen LogP) is 1.66. The first kappa shape index (κ1) is 18.3. The average molecular weight is 361 g/mol. The lowest BCUT2D eigenvalue weighted by Gasteiger charge is -2.15. The van der Waals surface area contributed by atoms with E-state index in [1.54, 1.807) is 0 Å². The number of esters is 1. The van der Waals surface area contributed by atoms with E-state index in [4.69, 9.17) is 4.74 Å². The van der Waals surface area contributed by atoms with Crippen LogP contribution < -0.4 is 5.32 Å². The summed E-state index contributed by atoms with van der Waals surface area (Å²) < 4.78 is 53.5. The fraction of sp³-hybridized carbons (Fsp3) is 0.467. The number of halogens is 2. The van der Waals surface area contributed by atoms with Crippen LogP contribution in [0.25, 0.3) is 0 Å². The first-order chi connectivity index (χ1) is 11.2. The largest absolute Gasteiger partial charge is 0.453 e. The van der Waals surface area contributed by atoms with Gasteiger partial charge in [-0.2, -0.15) is 0 Å². The summed E-state index contributed by atoms with van der Waals surface area (Å²) >= 11 is 0. The molecule has 0 radical (unpaired) electrons. The van der Waals surface area contributed by atoms with Crippen molar-refractivity contribution in [2.75, 3.05) is 16.8 Å². The van der Waals surface area contributed by atoms with E-state index in [9.17, 15) is 26.8 Å². The molecular formula is C15H17F2NO5S. The fourth-order valence-electron chi connectivity index (χ4n) is 2.39. The second-order valence-corrected chi connectivity index (χ2v) is 7.95. The van der Waals surface area contributed by atoms with Gasteiger partial charge < -0.3 is 10.1 Å². The van der Waals surface area contributed by atoms with Gasteiger partial charge in [0.1, 0.15) is 0 Å². The van der Waals surface area contributed by atoms with E-state index < -0.39 is 39.5 Å². The summed E-state index contributed by atoms with van der Waals surface area (Å²) in [5.74, 6) is -3.84. The van der Waals surface area contributed by atoms with E-state index >= 15 is 0 Å². The summed E-state index contributed by atoms with van der Waals surface area (Å²) in [5.41, 5.74) is 0.0312. The molecule has 1 heterocycles. The van der Waals surface area contributed by atoms with Gasteiger partial charge in [-0.3, -0.25) is 9.59 Å². The molecule has 1 N–H and O–H groups in total. The Bertz CT molecular complexity index is 750. The number of hydrogen-bond acceptors (Lipinski definition) is 5. The van der Waals surface area contributed by atoms with Crippen molar-refractivity contribution in [3.05, 3.63) is 29.8 Å². The Morgan fingerprint density at radius 2 is 2.04 bits per heavy atom. The Labute approximate surface area is 138 Å². The highest BCUT2D eigenvalue weighted by Crippen LogP contribution is 2.22. The van der Waals surface area contributed by atoms with Crippen molar-refractivity contribution in [3.63, 3.8) is 0 Å². The number of rotatable bonds is 5. The van der Waals surface area contributed by atoms with Gasteiger partial charge >= 0.3 is 5.97 Å². The van der Waals surface area contributed by atoms with E-state index in [0.717, 1.165) is 12.1 Å². The maximum Gasteiger partial charge on any atom is 0.306 e. The van der Waals surface area contributed by atoms with Crippen molar-refractivity contribution >= 4 is 27.4 Å². The summed E-state index contributed by atoms with van der Waals surface area (Å²) in [7, 11) is -3.09. The molecule has 1 aromatic carbocycles. The Morgan fingerprint density at radius 3 is 2.62 bits per heavy atom. The van der Waals surface area contributed by atoms with Crippen molar-refractivity contribution < 1.29 is 31.5 Å². The molecule has 0 bridgehead atoms. The molecule has 0 spiro atoms. The van der Waals surface area contributed by atoms with Crippen molar-refractivity contribution in [1.82, 2.24) is 0 Å². The van der Waals surface area contributed by atoms with Crippen molar-refractivity contribution in [2.45, 2.75) is 25.9 Å². The third-order valence-corrected chi connectivity index (χ3v) is 5.48. The van der Waals surface area contributed by atoms with Gasteiger partial charge in [-0.25, -0.2) is 17.2 Å². The highest BCUT2D eigenvalue weighted by molar-refractivity contribution is 7.91. The lowest BCUT2D eigenvalue weighted by Crippen LogP contribution is -2.30. The molecule has 2 unspecified atom stereocenters. The van der Waals surface area contributed by atoms with Gasteiger partial charge in [-0.1, -0.05) is 0 Å². The summed E-state index contributed by atoms with van der Waals surface area (Å²) in [6.45, 7) is 1.33. The summed E-state index contributed by atoms with van der Waals surface area (Å²) in [4.78, 5) is 23.7. The minimum atomic E-state index is -3.09. The lowest BCUT2D eigenvalue weighted by atomic mass is 10.1. The summed E-state index contributed by atoms with van der Waals surface area (Å²) in [6, 6.07) is 2.85. The van der Waals surface area contributed by atoms with Crippen LogP contribution in [-0.4, -0.2) is 37.9 Å². The summed E-state index contributed by atoms with van der Waals surface area (Å²) in [5, 5.41) is 2.30. The normalized spacial score (nSPS) is 20.4. The second kappa shape index (κ2) is 7.25. The average Bonchev–Trinajstić information content (AvgIpc) is 2.81. The van der Waals surface area contributed by atoms with E-state index in [1.165, 1.54) is 13.0 Å². The zero-order valence-corrected chi connectivity index (χ0v) is 13.7. The first-order valence-corrected chi connectivity index (χ1v) is 9.14. The number of anilines is 1. The van der Waals surface area contributed by atoms with Gasteiger partial charge in [0.2, 0.25) is 0 Å². The van der Waals surface area contributed by atoms with Gasteiger partial charge in [0.05, 0.1) is 11.5 Å². The minimum Gasteiger partial charge on any atom is -0.453 e. The number of carbonyl (C=O) groups excluding carboxylic acids is 2. The van der Waals surface area contributed by atoms with Crippen LogP contribution in [0.3, 0.4) is 0 Å². The molecule has 6 nitrogen and oxygen atoms in total. The standard InChI is InChI=1S/C15H17F2NO5S/c1-9(15(20)18-11-2-3-12(16)13(17)7-11)23-14(19)6-10-4-5-24(21,22)8-10/h2-3,7,9-10H,4-6,8H2,1H3,(H,18,20). The predicted molar refractivity (Wildman–Crippen MR) is 81.9 cm³/mol. The molecule has 1 saturated heterocycles. The Hall–Kier alpha value is -2.03. The van der Waals surface area contributed by atoms with Crippen LogP contribution in [0, 0.1) is 17.6 Å². The molecule has 1 amide bonds. The van der Waals surface area contributed by atoms with Crippen LogP contribution in [-0.2, 0) is 24.2 Å². The molecule has 0 aliphatic carbocycles. The fourth-order valence-corrected chi connectivity index (χ4v) is 4.25. The molecule has 0 saturated carbocycles. The molecule has 132 valence electrons. The Morgan fingerprint density at radius 1 is 1.33 bits per heavy atom. The zero-order chi connectivity index (χ0) is 17.9. The minimum absolute atomic E-state index is 0.0312. The van der Waals surface area contributed by atoms with Crippen molar-refractivity contribution in [3.8, 4) is 0 Å². The lowest BCUT2D eigenvalue weighted by molar-refractivity contribution is -0.153. The highest BCUT2D eigenvalue weighted by Gasteiger charge is 2.30. The second-order valence-electron chi connectivity index (χ2n) is 5.72. The molecule has 1 aliphatic rings. The molecule has 1 aliphatic heterocycles. The first-order valence-electron chi connectivity index (χ1n) is 7.32. The van der Waals surface area contributed by atoms with E-state index in [2.05, 4.69) is 5.32 Å². The molecule has 1 aromatic rings. The van der Waals surface area contributed by atoms with Crippen LogP contribution >= 0.6 is 0 Å². The maximum absolute atomic E-state index is 13.1. The number of nitrogens with one attached hydrogen (secondary N) is 1. The zero-order valence-electron chi connectivity index (χ0n) is 12.9. The monoisotopic (exact) mass is 361 g/mol. The highest BCUT2D eigenvalue weighted by atomic mass is 32.2. The molecule has 0 aromatic heterocycles. The molecule has 2 rings (SSSR count). The van der Waals surface area contributed by atoms with Crippen LogP contribution in [0.2, 0.25) is 0 Å². The number of amides is 1. The number of hydrogen-bond donors (Lipinski definition) is 1. The number of sulfone groups is 1. The van der Waals surface area contributed by atoms with Crippen LogP contribution in [0.1, 0.15) is 19.8 Å². The topological polar surface area (TPSA) is 89.5 Å². The smallest absolute Gasteiger partial charge is 0.306 e. The molecule has 24 heavy (non-hydrogen) atoms. The molecule has 1 fully saturated rings. The van der Waals surface area contributed by atoms with Gasteiger partial charge in [0.15, 0.2) is 27.6 Å². The molecular weight excluding hydrogens is 344 g/mol. The van der Waals surface area contributed by atoms with Crippen LogP contribution in [0.5, 0.6) is 0 Å². The maximum atomic E-state index is 13.1. The van der Waals surface area contributed by atoms with Crippen molar-refractivity contribution in [2.24, 2.45) is 5.92 Å². The number of ether oxygens (including phenoxy) is 1. The van der Waals surface area contributed by atoms with Crippen molar-refractivity contribution in [1.29, 1.82) is 0 Å². The Kier molecular flexibility index (Phi) is 5.53. The number of carbonyl (C=O) groups is 2. The van der Waals surface area contributed by atoms with Gasteiger partial charge in [-0.05, 0) is 31.4 Å². The molecule has 2 atom stereocenters. The quantitative estimate of drug-likeness (QED) is 0.806. The van der Waals surface area contributed by atoms with Crippen LogP contribution in [0.4, 0.5) is 14.5 Å². The van der Waals surface area contributed by atoms with E-state index in [0.29, 0.717) is 6.42 Å². The van der Waals surface area contributed by atoms with Gasteiger partial charge in [-0.15, -0.1) is 0 Å². The summed E-state index contributed by atoms with van der Waals surface area (Å²) in [6.07, 6.45) is -0.835. The third kappa shape index (κ3) is 4.98.